The van der Waals surface area contributed by atoms with Crippen molar-refractivity contribution in [2.75, 3.05) is 19.6 Å². The van der Waals surface area contributed by atoms with E-state index in [1.54, 1.807) is 12.1 Å². The molecular formula is C16H25N3O. The SMILES string of the molecule is CC(CNCc1ccc(C(N)=O)cc1)N1CCCCC1. The number of nitrogens with zero attached hydrogens (tertiary/aromatic N) is 1. The second-order valence-corrected chi connectivity index (χ2v) is 5.64. The maximum absolute atomic E-state index is 11.0. The average Bonchev–Trinajstić information content (AvgIpc) is 2.48. The molecule has 1 amide bonds. The van der Waals surface area contributed by atoms with Crippen LogP contribution in [0.2, 0.25) is 0 Å². The molecule has 20 heavy (non-hydrogen) atoms. The number of nitrogens with two attached hydrogens (primary N) is 1. The number of piperidine rings is 1. The molecule has 0 bridgehead atoms. The Morgan fingerprint density at radius 2 is 1.90 bits per heavy atom. The standard InChI is InChI=1S/C16H25N3O/c1-13(19-9-3-2-4-10-19)11-18-12-14-5-7-15(8-6-14)16(17)20/h5-8,13,18H,2-4,9-12H2,1H3,(H2,17,20). The zero-order chi connectivity index (χ0) is 14.4. The Labute approximate surface area is 121 Å². The summed E-state index contributed by atoms with van der Waals surface area (Å²) in [6.07, 6.45) is 4.04. The molecule has 2 rings (SSSR count). The molecule has 0 saturated carbocycles. The van der Waals surface area contributed by atoms with Gasteiger partial charge in [-0.2, -0.15) is 0 Å². The van der Waals surface area contributed by atoms with Gasteiger partial charge in [0.25, 0.3) is 0 Å². The van der Waals surface area contributed by atoms with Gasteiger partial charge in [0, 0.05) is 24.7 Å². The summed E-state index contributed by atoms with van der Waals surface area (Å²) >= 11 is 0. The lowest BCUT2D eigenvalue weighted by Crippen LogP contribution is -2.42. The van der Waals surface area contributed by atoms with Crippen molar-refractivity contribution in [3.05, 3.63) is 35.4 Å². The molecule has 0 radical (unpaired) electrons. The number of benzene rings is 1. The van der Waals surface area contributed by atoms with Crippen LogP contribution in [0.15, 0.2) is 24.3 Å². The van der Waals surface area contributed by atoms with Gasteiger partial charge < -0.3 is 11.1 Å². The molecule has 1 aliphatic heterocycles. The Balaban J connectivity index is 1.73. The summed E-state index contributed by atoms with van der Waals surface area (Å²) in [4.78, 5) is 13.6. The number of amides is 1. The normalized spacial score (nSPS) is 17.9. The van der Waals surface area contributed by atoms with Crippen LogP contribution in [0.1, 0.15) is 42.1 Å². The number of nitrogens with one attached hydrogen (secondary N) is 1. The molecule has 1 saturated heterocycles. The van der Waals surface area contributed by atoms with Gasteiger partial charge in [-0.1, -0.05) is 18.6 Å². The third-order valence-electron chi connectivity index (χ3n) is 4.02. The van der Waals surface area contributed by atoms with Gasteiger partial charge >= 0.3 is 0 Å². The van der Waals surface area contributed by atoms with E-state index in [2.05, 4.69) is 17.1 Å². The molecule has 1 atom stereocenters. The predicted molar refractivity (Wildman–Crippen MR) is 81.6 cm³/mol. The summed E-state index contributed by atoms with van der Waals surface area (Å²) < 4.78 is 0. The van der Waals surface area contributed by atoms with E-state index in [4.69, 9.17) is 5.73 Å². The lowest BCUT2D eigenvalue weighted by Gasteiger charge is -2.32. The monoisotopic (exact) mass is 275 g/mol. The summed E-state index contributed by atoms with van der Waals surface area (Å²) in [5, 5.41) is 3.49. The van der Waals surface area contributed by atoms with E-state index < -0.39 is 0 Å². The summed E-state index contributed by atoms with van der Waals surface area (Å²) in [5.74, 6) is -0.372. The van der Waals surface area contributed by atoms with E-state index in [0.29, 0.717) is 11.6 Å². The van der Waals surface area contributed by atoms with Crippen LogP contribution in [0.3, 0.4) is 0 Å². The summed E-state index contributed by atoms with van der Waals surface area (Å²) in [6.45, 7) is 6.58. The first-order valence-electron chi connectivity index (χ1n) is 7.50. The number of hydrogen-bond donors (Lipinski definition) is 2. The molecule has 1 aliphatic rings. The van der Waals surface area contributed by atoms with Gasteiger partial charge in [-0.15, -0.1) is 0 Å². The summed E-state index contributed by atoms with van der Waals surface area (Å²) in [5.41, 5.74) is 6.97. The van der Waals surface area contributed by atoms with Gasteiger partial charge in [-0.3, -0.25) is 9.69 Å². The Bertz CT molecular complexity index is 424. The molecule has 1 aromatic rings. The first kappa shape index (κ1) is 15.0. The van der Waals surface area contributed by atoms with Crippen molar-refractivity contribution in [1.82, 2.24) is 10.2 Å². The molecule has 1 unspecified atom stereocenters. The minimum absolute atomic E-state index is 0.372. The molecule has 3 N–H and O–H groups in total. The van der Waals surface area contributed by atoms with Gasteiger partial charge in [0.15, 0.2) is 0 Å². The van der Waals surface area contributed by atoms with Crippen LogP contribution in [0.4, 0.5) is 0 Å². The molecule has 0 aromatic heterocycles. The van der Waals surface area contributed by atoms with Crippen molar-refractivity contribution in [3.8, 4) is 0 Å². The van der Waals surface area contributed by atoms with E-state index >= 15 is 0 Å². The fraction of sp³-hybridized carbons (Fsp3) is 0.562. The third kappa shape index (κ3) is 4.32. The Hall–Kier alpha value is -1.39. The molecular weight excluding hydrogens is 250 g/mol. The highest BCUT2D eigenvalue weighted by molar-refractivity contribution is 5.92. The van der Waals surface area contributed by atoms with Crippen molar-refractivity contribution >= 4 is 5.91 Å². The van der Waals surface area contributed by atoms with Crippen LogP contribution < -0.4 is 11.1 Å². The third-order valence-corrected chi connectivity index (χ3v) is 4.02. The van der Waals surface area contributed by atoms with Gasteiger partial charge in [0.1, 0.15) is 0 Å². The quantitative estimate of drug-likeness (QED) is 0.831. The first-order valence-corrected chi connectivity index (χ1v) is 7.50. The van der Waals surface area contributed by atoms with Crippen LogP contribution in [-0.2, 0) is 6.54 Å². The molecule has 1 aromatic carbocycles. The van der Waals surface area contributed by atoms with Crippen LogP contribution in [0.5, 0.6) is 0 Å². The van der Waals surface area contributed by atoms with Crippen LogP contribution in [0, 0.1) is 0 Å². The number of hydrogen-bond acceptors (Lipinski definition) is 3. The van der Waals surface area contributed by atoms with Crippen molar-refractivity contribution in [1.29, 1.82) is 0 Å². The number of rotatable bonds is 6. The van der Waals surface area contributed by atoms with Crippen molar-refractivity contribution < 1.29 is 4.79 Å². The zero-order valence-corrected chi connectivity index (χ0v) is 12.3. The minimum atomic E-state index is -0.372. The van der Waals surface area contributed by atoms with Gasteiger partial charge in [-0.25, -0.2) is 0 Å². The smallest absolute Gasteiger partial charge is 0.248 e. The second-order valence-electron chi connectivity index (χ2n) is 5.64. The molecule has 4 nitrogen and oxygen atoms in total. The molecule has 4 heteroatoms. The van der Waals surface area contributed by atoms with E-state index in [1.165, 1.54) is 37.9 Å². The lowest BCUT2D eigenvalue weighted by atomic mass is 10.1. The topological polar surface area (TPSA) is 58.4 Å². The number of primary amides is 1. The zero-order valence-electron chi connectivity index (χ0n) is 12.3. The van der Waals surface area contributed by atoms with E-state index in [0.717, 1.165) is 13.1 Å². The molecule has 1 fully saturated rings. The van der Waals surface area contributed by atoms with Crippen LogP contribution >= 0.6 is 0 Å². The van der Waals surface area contributed by atoms with Gasteiger partial charge in [0.05, 0.1) is 0 Å². The van der Waals surface area contributed by atoms with Crippen molar-refractivity contribution in [3.63, 3.8) is 0 Å². The number of carbonyl (C=O) groups excluding carboxylic acids is 1. The first-order chi connectivity index (χ1) is 9.66. The molecule has 0 spiro atoms. The highest BCUT2D eigenvalue weighted by Crippen LogP contribution is 2.11. The van der Waals surface area contributed by atoms with E-state index in [9.17, 15) is 4.79 Å². The average molecular weight is 275 g/mol. The van der Waals surface area contributed by atoms with Crippen molar-refractivity contribution in [2.45, 2.75) is 38.8 Å². The molecule has 1 heterocycles. The van der Waals surface area contributed by atoms with Crippen molar-refractivity contribution in [2.24, 2.45) is 5.73 Å². The van der Waals surface area contributed by atoms with Crippen LogP contribution in [-0.4, -0.2) is 36.5 Å². The number of likely N-dealkylation sites (tertiary alicyclic amines) is 1. The largest absolute Gasteiger partial charge is 0.366 e. The van der Waals surface area contributed by atoms with E-state index in [-0.39, 0.29) is 5.91 Å². The molecule has 110 valence electrons. The van der Waals surface area contributed by atoms with Crippen LogP contribution in [0.25, 0.3) is 0 Å². The fourth-order valence-corrected chi connectivity index (χ4v) is 2.70. The molecule has 0 aliphatic carbocycles. The summed E-state index contributed by atoms with van der Waals surface area (Å²) in [6, 6.07) is 8.07. The van der Waals surface area contributed by atoms with E-state index in [1.807, 2.05) is 12.1 Å². The summed E-state index contributed by atoms with van der Waals surface area (Å²) in [7, 11) is 0. The lowest BCUT2D eigenvalue weighted by molar-refractivity contribution is 0.100. The predicted octanol–water partition coefficient (Wildman–Crippen LogP) is 1.75. The minimum Gasteiger partial charge on any atom is -0.366 e. The highest BCUT2D eigenvalue weighted by Gasteiger charge is 2.15. The maximum Gasteiger partial charge on any atom is 0.248 e. The Kier molecular flexibility index (Phi) is 5.56. The Morgan fingerprint density at radius 3 is 2.50 bits per heavy atom. The van der Waals surface area contributed by atoms with Gasteiger partial charge in [0.2, 0.25) is 5.91 Å². The Morgan fingerprint density at radius 1 is 1.25 bits per heavy atom. The fourth-order valence-electron chi connectivity index (χ4n) is 2.70. The maximum atomic E-state index is 11.0. The van der Waals surface area contributed by atoms with Gasteiger partial charge in [-0.05, 0) is 50.6 Å². The highest BCUT2D eigenvalue weighted by atomic mass is 16.1. The number of carbonyl (C=O) groups is 1. The second kappa shape index (κ2) is 7.41.